The van der Waals surface area contributed by atoms with Crippen molar-refractivity contribution in [3.63, 3.8) is 0 Å². The zero-order valence-electron chi connectivity index (χ0n) is 9.76. The second-order valence-electron chi connectivity index (χ2n) is 3.81. The lowest BCUT2D eigenvalue weighted by Gasteiger charge is -2.12. The minimum atomic E-state index is -1.50. The van der Waals surface area contributed by atoms with Gasteiger partial charge in [-0.25, -0.2) is 0 Å². The van der Waals surface area contributed by atoms with Gasteiger partial charge in [0, 0.05) is 10.0 Å². The number of nitrogens with zero attached hydrogens (tertiary/aromatic N) is 1. The highest BCUT2D eigenvalue weighted by Crippen LogP contribution is 2.33. The van der Waals surface area contributed by atoms with Gasteiger partial charge in [0.1, 0.15) is 0 Å². The van der Waals surface area contributed by atoms with E-state index in [1.54, 1.807) is 12.1 Å². The molecule has 1 saturated heterocycles. The lowest BCUT2D eigenvalue weighted by atomic mass is 10.2. The molecule has 0 spiro atoms. The maximum Gasteiger partial charge on any atom is 0.293 e. The van der Waals surface area contributed by atoms with Gasteiger partial charge in [-0.05, 0) is 35.5 Å². The van der Waals surface area contributed by atoms with Crippen molar-refractivity contribution in [2.24, 2.45) is 0 Å². The molecule has 2 rings (SSSR count). The van der Waals surface area contributed by atoms with E-state index in [4.69, 9.17) is 23.2 Å². The van der Waals surface area contributed by atoms with E-state index in [2.05, 4.69) is 0 Å². The number of hydrogen-bond donors (Lipinski definition) is 0. The molecule has 1 aromatic rings. The van der Waals surface area contributed by atoms with Crippen molar-refractivity contribution in [1.29, 1.82) is 0 Å². The van der Waals surface area contributed by atoms with Crippen molar-refractivity contribution in [2.45, 2.75) is 0 Å². The van der Waals surface area contributed by atoms with Crippen molar-refractivity contribution >= 4 is 58.2 Å². The van der Waals surface area contributed by atoms with Crippen LogP contribution in [-0.2, 0) is 9.59 Å². The van der Waals surface area contributed by atoms with E-state index in [-0.39, 0.29) is 4.91 Å². The number of carbonyl (C=O) groups excluding carboxylic acids is 3. The van der Waals surface area contributed by atoms with Crippen LogP contribution in [-0.4, -0.2) is 28.6 Å². The van der Waals surface area contributed by atoms with E-state index >= 15 is 0 Å². The summed E-state index contributed by atoms with van der Waals surface area (Å²) in [6, 6.07) is 4.68. The monoisotopic (exact) mass is 330 g/mol. The Labute approximate surface area is 128 Å². The average molecular weight is 331 g/mol. The molecule has 20 heavy (non-hydrogen) atoms. The van der Waals surface area contributed by atoms with Crippen LogP contribution in [0, 0.1) is 0 Å². The molecule has 104 valence electrons. The third kappa shape index (κ3) is 3.15. The summed E-state index contributed by atoms with van der Waals surface area (Å²) in [5.74, 6) is -2.19. The van der Waals surface area contributed by atoms with Crippen LogP contribution in [0.2, 0.25) is 10.0 Å². The normalized spacial score (nSPS) is 17.1. The molecule has 0 aromatic heterocycles. The van der Waals surface area contributed by atoms with Crippen molar-refractivity contribution in [1.82, 2.24) is 4.90 Å². The molecular weight excluding hydrogens is 325 g/mol. The minimum absolute atomic E-state index is 0.0977. The molecule has 1 aromatic carbocycles. The highest BCUT2D eigenvalue weighted by molar-refractivity contribution is 8.18. The maximum absolute atomic E-state index is 11.9. The van der Waals surface area contributed by atoms with Crippen LogP contribution in [0.15, 0.2) is 23.1 Å². The number of aliphatic carboxylic acids is 1. The van der Waals surface area contributed by atoms with Crippen LogP contribution in [0.25, 0.3) is 6.08 Å². The first-order chi connectivity index (χ1) is 9.38. The summed E-state index contributed by atoms with van der Waals surface area (Å²) >= 11 is 12.4. The van der Waals surface area contributed by atoms with Crippen LogP contribution < -0.4 is 5.11 Å². The van der Waals surface area contributed by atoms with Gasteiger partial charge in [0.15, 0.2) is 0 Å². The number of rotatable bonds is 3. The molecule has 0 bridgehead atoms. The minimum Gasteiger partial charge on any atom is -0.548 e. The van der Waals surface area contributed by atoms with E-state index in [0.717, 1.165) is 0 Å². The second kappa shape index (κ2) is 5.87. The second-order valence-corrected chi connectivity index (χ2v) is 5.64. The van der Waals surface area contributed by atoms with Gasteiger partial charge < -0.3 is 9.90 Å². The van der Waals surface area contributed by atoms with Gasteiger partial charge in [0.25, 0.3) is 11.1 Å². The maximum atomic E-state index is 11.9. The van der Waals surface area contributed by atoms with E-state index in [1.807, 2.05) is 0 Å². The molecular formula is C12H6Cl2NO4S-. The average Bonchev–Trinajstić information content (AvgIpc) is 2.60. The van der Waals surface area contributed by atoms with Gasteiger partial charge in [-0.2, -0.15) is 0 Å². The smallest absolute Gasteiger partial charge is 0.293 e. The van der Waals surface area contributed by atoms with E-state index in [1.165, 1.54) is 12.1 Å². The van der Waals surface area contributed by atoms with Gasteiger partial charge in [0.2, 0.25) is 0 Å². The molecule has 0 unspecified atom stereocenters. The topological polar surface area (TPSA) is 77.5 Å². The first-order valence-corrected chi connectivity index (χ1v) is 6.86. The summed E-state index contributed by atoms with van der Waals surface area (Å²) in [5, 5.41) is 10.6. The molecule has 0 N–H and O–H groups in total. The Balaban J connectivity index is 2.30. The van der Waals surface area contributed by atoms with Gasteiger partial charge in [-0.15, -0.1) is 0 Å². The fourth-order valence-corrected chi connectivity index (χ4v) is 2.82. The molecule has 0 atom stereocenters. The Bertz CT molecular complexity index is 644. The zero-order chi connectivity index (χ0) is 14.9. The number of halogens is 2. The van der Waals surface area contributed by atoms with Gasteiger partial charge in [-0.3, -0.25) is 14.5 Å². The van der Waals surface area contributed by atoms with Crippen molar-refractivity contribution < 1.29 is 19.5 Å². The SMILES string of the molecule is O=C([O-])CN1C(=O)S/C(=C/c2ccc(Cl)cc2Cl)C1=O. The molecule has 1 aliphatic heterocycles. The quantitative estimate of drug-likeness (QED) is 0.789. The largest absolute Gasteiger partial charge is 0.548 e. The third-order valence-corrected chi connectivity index (χ3v) is 3.88. The molecule has 1 fully saturated rings. The number of carboxylic acids is 1. The molecule has 1 aliphatic rings. The fourth-order valence-electron chi connectivity index (χ4n) is 1.53. The molecule has 0 aliphatic carbocycles. The first kappa shape index (κ1) is 14.9. The number of carboxylic acid groups (broad SMARTS) is 1. The lowest BCUT2D eigenvalue weighted by molar-refractivity contribution is -0.305. The summed E-state index contributed by atoms with van der Waals surface area (Å²) in [7, 11) is 0. The van der Waals surface area contributed by atoms with Crippen molar-refractivity contribution in [3.05, 3.63) is 38.7 Å². The molecule has 5 nitrogen and oxygen atoms in total. The molecule has 2 amide bonds. The molecule has 0 saturated carbocycles. The van der Waals surface area contributed by atoms with Crippen LogP contribution in [0.4, 0.5) is 4.79 Å². The van der Waals surface area contributed by atoms with Crippen LogP contribution >= 0.6 is 35.0 Å². The number of hydrogen-bond acceptors (Lipinski definition) is 5. The predicted molar refractivity (Wildman–Crippen MR) is 74.1 cm³/mol. The van der Waals surface area contributed by atoms with Crippen molar-refractivity contribution in [3.8, 4) is 0 Å². The van der Waals surface area contributed by atoms with Gasteiger partial charge >= 0.3 is 0 Å². The van der Waals surface area contributed by atoms with E-state index in [0.29, 0.717) is 32.3 Å². The molecule has 0 radical (unpaired) electrons. The summed E-state index contributed by atoms with van der Waals surface area (Å²) < 4.78 is 0. The summed E-state index contributed by atoms with van der Waals surface area (Å²) in [4.78, 5) is 34.6. The Morgan fingerprint density at radius 2 is 2.05 bits per heavy atom. The summed E-state index contributed by atoms with van der Waals surface area (Å²) in [5.41, 5.74) is 0.509. The number of thioether (sulfide) groups is 1. The fraction of sp³-hybridized carbons (Fsp3) is 0.0833. The van der Waals surface area contributed by atoms with Crippen LogP contribution in [0.1, 0.15) is 5.56 Å². The Kier molecular flexibility index (Phi) is 4.37. The zero-order valence-corrected chi connectivity index (χ0v) is 12.1. The summed E-state index contributed by atoms with van der Waals surface area (Å²) in [6.45, 7) is -0.768. The number of carbonyl (C=O) groups is 3. The third-order valence-electron chi connectivity index (χ3n) is 2.41. The Hall–Kier alpha value is -1.50. The van der Waals surface area contributed by atoms with Gasteiger partial charge in [-0.1, -0.05) is 29.3 Å². The number of amides is 2. The highest BCUT2D eigenvalue weighted by atomic mass is 35.5. The first-order valence-electron chi connectivity index (χ1n) is 5.29. The van der Waals surface area contributed by atoms with Crippen LogP contribution in [0.5, 0.6) is 0 Å². The molecule has 1 heterocycles. The Morgan fingerprint density at radius 3 is 2.65 bits per heavy atom. The standard InChI is InChI=1S/C12H7Cl2NO4S/c13-7-2-1-6(8(14)4-7)3-9-11(18)15(5-10(16)17)12(19)20-9/h1-4H,5H2,(H,16,17)/p-1/b9-3+. The van der Waals surface area contributed by atoms with Crippen molar-refractivity contribution in [2.75, 3.05) is 6.54 Å². The highest BCUT2D eigenvalue weighted by Gasteiger charge is 2.34. The van der Waals surface area contributed by atoms with Crippen LogP contribution in [0.3, 0.4) is 0 Å². The lowest BCUT2D eigenvalue weighted by Crippen LogP contribution is -2.40. The predicted octanol–water partition coefficient (Wildman–Crippen LogP) is 1.78. The number of benzene rings is 1. The van der Waals surface area contributed by atoms with E-state index in [9.17, 15) is 19.5 Å². The molecule has 8 heteroatoms. The Morgan fingerprint density at radius 1 is 1.35 bits per heavy atom. The van der Waals surface area contributed by atoms with Gasteiger partial charge in [0.05, 0.1) is 17.4 Å². The summed E-state index contributed by atoms with van der Waals surface area (Å²) in [6.07, 6.45) is 1.42. The van der Waals surface area contributed by atoms with E-state index < -0.39 is 23.7 Å². The number of imide groups is 1.